The van der Waals surface area contributed by atoms with E-state index in [4.69, 9.17) is 0 Å². The highest BCUT2D eigenvalue weighted by Crippen LogP contribution is 2.26. The van der Waals surface area contributed by atoms with Gasteiger partial charge in [-0.15, -0.1) is 0 Å². The predicted octanol–water partition coefficient (Wildman–Crippen LogP) is 3.67. The molecule has 2 heteroatoms. The maximum absolute atomic E-state index is 9.29. The molecule has 2 nitrogen and oxygen atoms in total. The monoisotopic (exact) mass is 251 g/mol. The summed E-state index contributed by atoms with van der Waals surface area (Å²) < 4.78 is 0. The van der Waals surface area contributed by atoms with Crippen molar-refractivity contribution in [2.24, 2.45) is 0 Å². The molecular weight excluding hydrogens is 234 g/mol. The molecule has 0 saturated heterocycles. The topological polar surface area (TPSA) is 33.1 Å². The van der Waals surface area contributed by atoms with Gasteiger partial charge in [0, 0.05) is 18.3 Å². The highest BCUT2D eigenvalue weighted by atomic mass is 16.3. The normalized spacial score (nSPS) is 16.4. The molecule has 2 aromatic rings. The lowest BCUT2D eigenvalue weighted by atomic mass is 9.90. The van der Waals surface area contributed by atoms with Gasteiger partial charge in [-0.2, -0.15) is 0 Å². The highest BCUT2D eigenvalue weighted by Gasteiger charge is 2.14. The SMILES string of the molecule is Cc1cnc2c(c1)CCC(=Cc1ccc(O)cc1)C2. The molecule has 0 bridgehead atoms. The summed E-state index contributed by atoms with van der Waals surface area (Å²) in [5.41, 5.74) is 6.40. The van der Waals surface area contributed by atoms with Crippen LogP contribution in [0.4, 0.5) is 0 Å². The Balaban J connectivity index is 1.85. The average molecular weight is 251 g/mol. The minimum Gasteiger partial charge on any atom is -0.508 e. The molecule has 1 N–H and O–H groups in total. The van der Waals surface area contributed by atoms with E-state index in [1.165, 1.54) is 22.4 Å². The van der Waals surface area contributed by atoms with Gasteiger partial charge in [-0.3, -0.25) is 4.98 Å². The highest BCUT2D eigenvalue weighted by molar-refractivity contribution is 5.55. The van der Waals surface area contributed by atoms with Gasteiger partial charge in [0.1, 0.15) is 5.75 Å². The number of hydrogen-bond acceptors (Lipinski definition) is 2. The molecule has 1 aromatic carbocycles. The average Bonchev–Trinajstić information content (AvgIpc) is 2.42. The van der Waals surface area contributed by atoms with Crippen LogP contribution in [0.1, 0.15) is 28.8 Å². The largest absolute Gasteiger partial charge is 0.508 e. The Morgan fingerprint density at radius 1 is 1.16 bits per heavy atom. The molecule has 0 spiro atoms. The van der Waals surface area contributed by atoms with Gasteiger partial charge in [-0.05, 0) is 48.6 Å². The van der Waals surface area contributed by atoms with Gasteiger partial charge in [-0.25, -0.2) is 0 Å². The zero-order chi connectivity index (χ0) is 13.2. The van der Waals surface area contributed by atoms with E-state index in [9.17, 15) is 5.11 Å². The molecule has 96 valence electrons. The minimum absolute atomic E-state index is 0.313. The molecule has 0 aliphatic heterocycles. The van der Waals surface area contributed by atoms with E-state index >= 15 is 0 Å². The minimum atomic E-state index is 0.313. The van der Waals surface area contributed by atoms with E-state index in [0.717, 1.165) is 24.8 Å². The Kier molecular flexibility index (Phi) is 3.08. The number of phenolic OH excluding ortho intramolecular Hbond substituents is 1. The van der Waals surface area contributed by atoms with E-state index < -0.39 is 0 Å². The number of rotatable bonds is 1. The summed E-state index contributed by atoms with van der Waals surface area (Å²) in [7, 11) is 0. The molecule has 3 rings (SSSR count). The van der Waals surface area contributed by atoms with Gasteiger partial charge in [0.25, 0.3) is 0 Å². The number of nitrogens with zero attached hydrogens (tertiary/aromatic N) is 1. The van der Waals surface area contributed by atoms with Crippen molar-refractivity contribution in [2.75, 3.05) is 0 Å². The molecule has 0 saturated carbocycles. The fourth-order valence-corrected chi connectivity index (χ4v) is 2.56. The van der Waals surface area contributed by atoms with Crippen molar-refractivity contribution in [2.45, 2.75) is 26.2 Å². The standard InChI is InChI=1S/C17H17NO/c1-12-8-15-5-2-14(10-17(15)18-11-12)9-13-3-6-16(19)7-4-13/h3-4,6-9,11,19H,2,5,10H2,1H3. The summed E-state index contributed by atoms with van der Waals surface area (Å²) in [4.78, 5) is 4.54. The van der Waals surface area contributed by atoms with Crippen LogP contribution in [0.2, 0.25) is 0 Å². The summed E-state index contributed by atoms with van der Waals surface area (Å²) in [5.74, 6) is 0.313. The third-order valence-corrected chi connectivity index (χ3v) is 3.57. The Bertz CT molecular complexity index is 626. The van der Waals surface area contributed by atoms with Crippen molar-refractivity contribution in [3.8, 4) is 5.75 Å². The lowest BCUT2D eigenvalue weighted by molar-refractivity contribution is 0.475. The van der Waals surface area contributed by atoms with Crippen LogP contribution in [0.15, 0.2) is 42.1 Å². The van der Waals surface area contributed by atoms with Gasteiger partial charge in [0.15, 0.2) is 0 Å². The van der Waals surface area contributed by atoms with Crippen molar-refractivity contribution >= 4 is 6.08 Å². The number of fused-ring (bicyclic) bond motifs is 1. The third kappa shape index (κ3) is 2.68. The summed E-state index contributed by atoms with van der Waals surface area (Å²) in [6, 6.07) is 9.59. The smallest absolute Gasteiger partial charge is 0.115 e. The second-order valence-corrected chi connectivity index (χ2v) is 5.19. The number of pyridine rings is 1. The zero-order valence-corrected chi connectivity index (χ0v) is 11.1. The van der Waals surface area contributed by atoms with Crippen molar-refractivity contribution < 1.29 is 5.11 Å². The van der Waals surface area contributed by atoms with Crippen LogP contribution in [-0.4, -0.2) is 10.1 Å². The van der Waals surface area contributed by atoms with Gasteiger partial charge >= 0.3 is 0 Å². The van der Waals surface area contributed by atoms with E-state index in [1.807, 2.05) is 18.3 Å². The first kappa shape index (κ1) is 12.0. The number of hydrogen-bond donors (Lipinski definition) is 1. The van der Waals surface area contributed by atoms with Gasteiger partial charge in [0.05, 0.1) is 0 Å². The van der Waals surface area contributed by atoms with E-state index in [2.05, 4.69) is 24.1 Å². The van der Waals surface area contributed by atoms with Crippen LogP contribution in [-0.2, 0) is 12.8 Å². The Morgan fingerprint density at radius 3 is 2.74 bits per heavy atom. The van der Waals surface area contributed by atoms with Gasteiger partial charge < -0.3 is 5.11 Å². The van der Waals surface area contributed by atoms with Crippen LogP contribution in [0.3, 0.4) is 0 Å². The zero-order valence-electron chi connectivity index (χ0n) is 11.1. The molecular formula is C17H17NO. The number of aromatic nitrogens is 1. The first-order valence-corrected chi connectivity index (χ1v) is 6.63. The molecule has 0 radical (unpaired) electrons. The second-order valence-electron chi connectivity index (χ2n) is 5.19. The molecule has 0 atom stereocenters. The summed E-state index contributed by atoms with van der Waals surface area (Å²) in [5, 5.41) is 9.29. The number of aromatic hydroxyl groups is 1. The molecule has 1 aliphatic carbocycles. The summed E-state index contributed by atoms with van der Waals surface area (Å²) >= 11 is 0. The van der Waals surface area contributed by atoms with Crippen LogP contribution in [0, 0.1) is 6.92 Å². The fraction of sp³-hybridized carbons (Fsp3) is 0.235. The maximum Gasteiger partial charge on any atom is 0.115 e. The number of aryl methyl sites for hydroxylation is 2. The lowest BCUT2D eigenvalue weighted by Crippen LogP contribution is -2.08. The molecule has 0 fully saturated rings. The predicted molar refractivity (Wildman–Crippen MR) is 77.1 cm³/mol. The molecule has 1 heterocycles. The van der Waals surface area contributed by atoms with Crippen LogP contribution in [0.5, 0.6) is 5.75 Å². The van der Waals surface area contributed by atoms with Gasteiger partial charge in [-0.1, -0.05) is 29.8 Å². The van der Waals surface area contributed by atoms with E-state index in [1.54, 1.807) is 12.1 Å². The van der Waals surface area contributed by atoms with Crippen molar-refractivity contribution in [1.29, 1.82) is 0 Å². The molecule has 1 aromatic heterocycles. The second kappa shape index (κ2) is 4.88. The number of phenols is 1. The molecule has 1 aliphatic rings. The molecule has 0 amide bonds. The quantitative estimate of drug-likeness (QED) is 0.839. The third-order valence-electron chi connectivity index (χ3n) is 3.57. The Labute approximate surface area is 113 Å². The molecule has 19 heavy (non-hydrogen) atoms. The van der Waals surface area contributed by atoms with E-state index in [-0.39, 0.29) is 0 Å². The summed E-state index contributed by atoms with van der Waals surface area (Å²) in [6.45, 7) is 2.09. The van der Waals surface area contributed by atoms with Crippen molar-refractivity contribution in [3.05, 3.63) is 64.5 Å². The lowest BCUT2D eigenvalue weighted by Gasteiger charge is -2.18. The first-order chi connectivity index (χ1) is 9.20. The maximum atomic E-state index is 9.29. The van der Waals surface area contributed by atoms with Crippen LogP contribution >= 0.6 is 0 Å². The molecule has 0 unspecified atom stereocenters. The van der Waals surface area contributed by atoms with Crippen LogP contribution in [0.25, 0.3) is 6.08 Å². The number of benzene rings is 1. The first-order valence-electron chi connectivity index (χ1n) is 6.63. The Morgan fingerprint density at radius 2 is 1.95 bits per heavy atom. The number of allylic oxidation sites excluding steroid dienone is 1. The van der Waals surface area contributed by atoms with Gasteiger partial charge in [0.2, 0.25) is 0 Å². The van der Waals surface area contributed by atoms with Crippen molar-refractivity contribution in [3.63, 3.8) is 0 Å². The summed E-state index contributed by atoms with van der Waals surface area (Å²) in [6.07, 6.45) is 7.27. The van der Waals surface area contributed by atoms with Crippen LogP contribution < -0.4 is 0 Å². The van der Waals surface area contributed by atoms with Crippen molar-refractivity contribution in [1.82, 2.24) is 4.98 Å². The Hall–Kier alpha value is -2.09. The van der Waals surface area contributed by atoms with E-state index in [0.29, 0.717) is 5.75 Å². The fourth-order valence-electron chi connectivity index (χ4n) is 2.56.